The molecule has 4 rings (SSSR count). The second kappa shape index (κ2) is 9.85. The quantitative estimate of drug-likeness (QED) is 0.285. The predicted molar refractivity (Wildman–Crippen MR) is 138 cm³/mol. The molecule has 3 aromatic rings. The fourth-order valence-corrected chi connectivity index (χ4v) is 4.33. The highest BCUT2D eigenvalue weighted by Gasteiger charge is 2.47. The molecule has 0 saturated carbocycles. The number of methoxy groups -OCH3 is 1. The highest BCUT2D eigenvalue weighted by atomic mass is 16.5. The van der Waals surface area contributed by atoms with Crippen LogP contribution in [0.1, 0.15) is 50.4 Å². The van der Waals surface area contributed by atoms with Gasteiger partial charge >= 0.3 is 0 Å². The Hall–Kier alpha value is -4.13. The Bertz CT molecular complexity index is 1310. The Labute approximate surface area is 211 Å². The number of anilines is 1. The summed E-state index contributed by atoms with van der Waals surface area (Å²) in [6.45, 7) is 8.56. The molecule has 1 atom stereocenters. The van der Waals surface area contributed by atoms with Crippen LogP contribution in [0.25, 0.3) is 5.76 Å². The van der Waals surface area contributed by atoms with Crippen molar-refractivity contribution >= 4 is 23.1 Å². The number of hydrogen-bond donors (Lipinski definition) is 1. The maximum atomic E-state index is 13.4. The van der Waals surface area contributed by atoms with Crippen molar-refractivity contribution < 1.29 is 24.2 Å². The summed E-state index contributed by atoms with van der Waals surface area (Å²) in [5.74, 6) is -0.755. The molecule has 186 valence electrons. The summed E-state index contributed by atoms with van der Waals surface area (Å²) in [5, 5.41) is 11.6. The standard InChI is InChI=1S/C29H30N2O5/c1-6-36-21-12-10-20(11-13-21)31-25(18-8-7-15-30-17-18)24(27(33)28(31)34)26(32)22-16-19(29(2,3)4)9-14-23(22)35-5/h7-17,25,32H,6H2,1-5H3/b26-24+. The second-order valence-electron chi connectivity index (χ2n) is 9.55. The molecule has 0 bridgehead atoms. The Morgan fingerprint density at radius 2 is 1.81 bits per heavy atom. The third-order valence-electron chi connectivity index (χ3n) is 6.19. The SMILES string of the molecule is CCOc1ccc(N2C(=O)C(=O)/C(=C(/O)c3cc(C(C)(C)C)ccc3OC)C2c2cccnc2)cc1. The van der Waals surface area contributed by atoms with Crippen molar-refractivity contribution in [1.29, 1.82) is 0 Å². The average molecular weight is 487 g/mol. The van der Waals surface area contributed by atoms with E-state index in [0.29, 0.717) is 34.9 Å². The summed E-state index contributed by atoms with van der Waals surface area (Å²) in [6.07, 6.45) is 3.20. The van der Waals surface area contributed by atoms with Crippen molar-refractivity contribution in [1.82, 2.24) is 4.98 Å². The number of benzene rings is 2. The van der Waals surface area contributed by atoms with Crippen LogP contribution in [0.4, 0.5) is 5.69 Å². The van der Waals surface area contributed by atoms with E-state index in [1.165, 1.54) is 12.0 Å². The molecule has 36 heavy (non-hydrogen) atoms. The number of amides is 1. The summed E-state index contributed by atoms with van der Waals surface area (Å²) < 4.78 is 11.0. The van der Waals surface area contributed by atoms with E-state index in [-0.39, 0.29) is 16.7 Å². The Balaban J connectivity index is 1.93. The Morgan fingerprint density at radius 3 is 2.39 bits per heavy atom. The number of carbonyl (C=O) groups excluding carboxylic acids is 2. The van der Waals surface area contributed by atoms with E-state index in [1.54, 1.807) is 60.9 Å². The number of aromatic nitrogens is 1. The molecule has 1 aromatic heterocycles. The average Bonchev–Trinajstić information content (AvgIpc) is 3.14. The van der Waals surface area contributed by atoms with Crippen molar-refractivity contribution in [2.24, 2.45) is 0 Å². The molecule has 1 fully saturated rings. The van der Waals surface area contributed by atoms with Crippen molar-refractivity contribution in [2.75, 3.05) is 18.6 Å². The van der Waals surface area contributed by atoms with E-state index in [1.807, 2.05) is 13.0 Å². The number of carbonyl (C=O) groups is 2. The molecule has 7 heteroatoms. The number of nitrogens with zero attached hydrogens (tertiary/aromatic N) is 2. The van der Waals surface area contributed by atoms with Gasteiger partial charge in [0.05, 0.1) is 30.9 Å². The monoisotopic (exact) mass is 486 g/mol. The number of Topliss-reactive ketones (excluding diaryl/α,β-unsaturated/α-hetero) is 1. The molecule has 2 heterocycles. The summed E-state index contributed by atoms with van der Waals surface area (Å²) >= 11 is 0. The third-order valence-corrected chi connectivity index (χ3v) is 6.19. The third kappa shape index (κ3) is 4.56. The van der Waals surface area contributed by atoms with Gasteiger partial charge in [0.1, 0.15) is 17.3 Å². The van der Waals surface area contributed by atoms with Gasteiger partial charge in [-0.15, -0.1) is 0 Å². The highest BCUT2D eigenvalue weighted by molar-refractivity contribution is 6.51. The van der Waals surface area contributed by atoms with Crippen LogP contribution >= 0.6 is 0 Å². The number of rotatable bonds is 6. The van der Waals surface area contributed by atoms with Crippen LogP contribution < -0.4 is 14.4 Å². The van der Waals surface area contributed by atoms with Crippen molar-refractivity contribution in [3.8, 4) is 11.5 Å². The van der Waals surface area contributed by atoms with Crippen LogP contribution in [0.3, 0.4) is 0 Å². The van der Waals surface area contributed by atoms with E-state index in [4.69, 9.17) is 9.47 Å². The Morgan fingerprint density at radius 1 is 1.08 bits per heavy atom. The summed E-state index contributed by atoms with van der Waals surface area (Å²) in [6, 6.07) is 15.1. The summed E-state index contributed by atoms with van der Waals surface area (Å²) in [7, 11) is 1.50. The fourth-order valence-electron chi connectivity index (χ4n) is 4.33. The topological polar surface area (TPSA) is 89.0 Å². The molecule has 1 amide bonds. The molecule has 7 nitrogen and oxygen atoms in total. The van der Waals surface area contributed by atoms with Gasteiger partial charge in [0.2, 0.25) is 0 Å². The molecule has 1 saturated heterocycles. The maximum absolute atomic E-state index is 13.4. The first kappa shape index (κ1) is 25.0. The normalized spacial score (nSPS) is 17.4. The molecule has 0 aliphatic carbocycles. The fraction of sp³-hybridized carbons (Fsp3) is 0.276. The number of aliphatic hydroxyl groups is 1. The zero-order chi connectivity index (χ0) is 26.0. The van der Waals surface area contributed by atoms with Gasteiger partial charge < -0.3 is 14.6 Å². The van der Waals surface area contributed by atoms with Crippen LogP contribution in [-0.4, -0.2) is 35.5 Å². The molecule has 1 aliphatic heterocycles. The van der Waals surface area contributed by atoms with Gasteiger partial charge in [0, 0.05) is 18.1 Å². The van der Waals surface area contributed by atoms with E-state index >= 15 is 0 Å². The molecular formula is C29H30N2O5. The first-order valence-corrected chi connectivity index (χ1v) is 11.8. The van der Waals surface area contributed by atoms with E-state index in [0.717, 1.165) is 5.56 Å². The molecule has 1 unspecified atom stereocenters. The van der Waals surface area contributed by atoms with E-state index < -0.39 is 17.7 Å². The van der Waals surface area contributed by atoms with Gasteiger partial charge in [-0.25, -0.2) is 0 Å². The van der Waals surface area contributed by atoms with Gasteiger partial charge in [-0.05, 0) is 65.9 Å². The summed E-state index contributed by atoms with van der Waals surface area (Å²) in [5.41, 5.74) is 2.17. The lowest BCUT2D eigenvalue weighted by Crippen LogP contribution is -2.29. The lowest BCUT2D eigenvalue weighted by atomic mass is 9.85. The van der Waals surface area contributed by atoms with Crippen LogP contribution in [0.2, 0.25) is 0 Å². The van der Waals surface area contributed by atoms with Crippen LogP contribution in [0.15, 0.2) is 72.6 Å². The molecule has 2 aromatic carbocycles. The highest BCUT2D eigenvalue weighted by Crippen LogP contribution is 2.44. The van der Waals surface area contributed by atoms with Crippen molar-refractivity contribution in [2.45, 2.75) is 39.2 Å². The van der Waals surface area contributed by atoms with Gasteiger partial charge in [-0.2, -0.15) is 0 Å². The largest absolute Gasteiger partial charge is 0.507 e. The lowest BCUT2D eigenvalue weighted by Gasteiger charge is -2.26. The minimum absolute atomic E-state index is 0.0220. The molecular weight excluding hydrogens is 456 g/mol. The first-order chi connectivity index (χ1) is 17.2. The predicted octanol–water partition coefficient (Wildman–Crippen LogP) is 5.41. The first-order valence-electron chi connectivity index (χ1n) is 11.8. The second-order valence-corrected chi connectivity index (χ2v) is 9.55. The van der Waals surface area contributed by atoms with Crippen molar-refractivity contribution in [3.05, 3.63) is 89.3 Å². The molecule has 1 aliphatic rings. The molecule has 0 spiro atoms. The van der Waals surface area contributed by atoms with Crippen LogP contribution in [-0.2, 0) is 15.0 Å². The number of hydrogen-bond acceptors (Lipinski definition) is 6. The lowest BCUT2D eigenvalue weighted by molar-refractivity contribution is -0.132. The smallest absolute Gasteiger partial charge is 0.300 e. The summed E-state index contributed by atoms with van der Waals surface area (Å²) in [4.78, 5) is 32.4. The van der Waals surface area contributed by atoms with Crippen molar-refractivity contribution in [3.63, 3.8) is 0 Å². The van der Waals surface area contributed by atoms with Gasteiger partial charge in [-0.3, -0.25) is 19.5 Å². The molecule has 1 N–H and O–H groups in total. The number of ketones is 1. The molecule has 0 radical (unpaired) electrons. The van der Waals surface area contributed by atoms with Gasteiger partial charge in [-0.1, -0.05) is 32.9 Å². The zero-order valence-corrected chi connectivity index (χ0v) is 21.1. The van der Waals surface area contributed by atoms with Gasteiger partial charge in [0.25, 0.3) is 11.7 Å². The van der Waals surface area contributed by atoms with Crippen LogP contribution in [0.5, 0.6) is 11.5 Å². The maximum Gasteiger partial charge on any atom is 0.300 e. The minimum Gasteiger partial charge on any atom is -0.507 e. The number of aliphatic hydroxyl groups excluding tert-OH is 1. The van der Waals surface area contributed by atoms with Gasteiger partial charge in [0.15, 0.2) is 0 Å². The zero-order valence-electron chi connectivity index (χ0n) is 21.1. The van der Waals surface area contributed by atoms with E-state index in [9.17, 15) is 14.7 Å². The Kier molecular flexibility index (Phi) is 6.84. The van der Waals surface area contributed by atoms with E-state index in [2.05, 4.69) is 25.8 Å². The number of pyridine rings is 1. The van der Waals surface area contributed by atoms with Crippen LogP contribution in [0, 0.1) is 0 Å². The minimum atomic E-state index is -0.875. The number of ether oxygens (including phenoxy) is 2.